The molecule has 0 aliphatic rings. The third-order valence-electron chi connectivity index (χ3n) is 2.80. The number of rotatable bonds is 5. The molecule has 1 N–H and O–H groups in total. The molecule has 0 aliphatic heterocycles. The van der Waals surface area contributed by atoms with Crippen LogP contribution in [-0.2, 0) is 10.0 Å². The van der Waals surface area contributed by atoms with E-state index in [9.17, 15) is 8.42 Å². The van der Waals surface area contributed by atoms with Crippen molar-refractivity contribution in [3.63, 3.8) is 0 Å². The van der Waals surface area contributed by atoms with Crippen molar-refractivity contribution in [2.24, 2.45) is 0 Å². The summed E-state index contributed by atoms with van der Waals surface area (Å²) >= 11 is 0. The fourth-order valence-corrected chi connectivity index (χ4v) is 2.97. The second-order valence-corrected chi connectivity index (χ2v) is 5.50. The van der Waals surface area contributed by atoms with Crippen molar-refractivity contribution in [1.82, 2.24) is 4.72 Å². The molecule has 0 radical (unpaired) electrons. The van der Waals surface area contributed by atoms with Gasteiger partial charge in [0.2, 0.25) is 10.0 Å². The minimum Gasteiger partial charge on any atom is -0.207 e. The molecule has 0 aromatic heterocycles. The molecule has 0 atom stereocenters. The zero-order valence-corrected chi connectivity index (χ0v) is 10.8. The lowest BCUT2D eigenvalue weighted by Crippen LogP contribution is -2.46. The molecule has 1 rings (SSSR count). The first kappa shape index (κ1) is 13.7. The lowest BCUT2D eigenvalue weighted by molar-refractivity contribution is 0.446. The number of nitrogens with zero attached hydrogens (tertiary/aromatic N) is 1. The number of hydrogen-bond acceptors (Lipinski definition) is 3. The number of nitriles is 1. The highest BCUT2D eigenvalue weighted by atomic mass is 32.2. The third-order valence-corrected chi connectivity index (χ3v) is 4.36. The molecule has 5 heteroatoms. The van der Waals surface area contributed by atoms with Crippen LogP contribution in [0.2, 0.25) is 0 Å². The molecule has 0 heterocycles. The minimum absolute atomic E-state index is 0.182. The molecule has 0 saturated carbocycles. The molecule has 0 bridgehead atoms. The van der Waals surface area contributed by atoms with Gasteiger partial charge in [0, 0.05) is 0 Å². The van der Waals surface area contributed by atoms with Gasteiger partial charge in [-0.2, -0.15) is 9.98 Å². The van der Waals surface area contributed by atoms with Crippen LogP contribution in [0, 0.1) is 11.3 Å². The molecule has 1 aromatic carbocycles. The van der Waals surface area contributed by atoms with Crippen molar-refractivity contribution >= 4 is 10.0 Å². The summed E-state index contributed by atoms with van der Waals surface area (Å²) in [7, 11) is -3.63. The van der Waals surface area contributed by atoms with Gasteiger partial charge < -0.3 is 0 Å². The molecule has 4 nitrogen and oxygen atoms in total. The number of sulfonamides is 1. The van der Waals surface area contributed by atoms with Crippen LogP contribution in [0.1, 0.15) is 26.7 Å². The minimum atomic E-state index is -3.63. The molecule has 92 valence electrons. The van der Waals surface area contributed by atoms with Crippen LogP contribution in [0.25, 0.3) is 0 Å². The smallest absolute Gasteiger partial charge is 0.207 e. The number of benzene rings is 1. The zero-order chi connectivity index (χ0) is 12.9. The molecule has 0 amide bonds. The Morgan fingerprint density at radius 1 is 1.24 bits per heavy atom. The van der Waals surface area contributed by atoms with E-state index in [1.807, 2.05) is 0 Å². The normalized spacial score (nSPS) is 12.1. The molecule has 1 aromatic rings. The van der Waals surface area contributed by atoms with Gasteiger partial charge in [-0.05, 0) is 25.0 Å². The second-order valence-electron chi connectivity index (χ2n) is 3.82. The predicted molar refractivity (Wildman–Crippen MR) is 65.7 cm³/mol. The van der Waals surface area contributed by atoms with Crippen molar-refractivity contribution in [2.75, 3.05) is 0 Å². The van der Waals surface area contributed by atoms with E-state index in [1.165, 1.54) is 12.1 Å². The molecule has 0 saturated heterocycles. The topological polar surface area (TPSA) is 70.0 Å². The summed E-state index contributed by atoms with van der Waals surface area (Å²) in [6, 6.07) is 10.1. The van der Waals surface area contributed by atoms with Gasteiger partial charge in [0.05, 0.1) is 11.0 Å². The van der Waals surface area contributed by atoms with E-state index in [2.05, 4.69) is 10.8 Å². The van der Waals surface area contributed by atoms with Gasteiger partial charge in [-0.15, -0.1) is 0 Å². The van der Waals surface area contributed by atoms with E-state index in [-0.39, 0.29) is 4.90 Å². The fraction of sp³-hybridized carbons (Fsp3) is 0.417. The lowest BCUT2D eigenvalue weighted by atomic mass is 9.97. The number of hydrogen-bond donors (Lipinski definition) is 1. The summed E-state index contributed by atoms with van der Waals surface area (Å²) in [5, 5.41) is 9.11. The van der Waals surface area contributed by atoms with Gasteiger partial charge in [0.25, 0.3) is 0 Å². The maximum Gasteiger partial charge on any atom is 0.241 e. The van der Waals surface area contributed by atoms with Crippen LogP contribution in [0.15, 0.2) is 35.2 Å². The van der Waals surface area contributed by atoms with Crippen molar-refractivity contribution in [3.8, 4) is 6.07 Å². The Morgan fingerprint density at radius 3 is 2.18 bits per heavy atom. The van der Waals surface area contributed by atoms with Gasteiger partial charge in [0.1, 0.15) is 5.54 Å². The molecular weight excluding hydrogens is 236 g/mol. The molecule has 0 aliphatic carbocycles. The number of nitrogens with one attached hydrogen (secondary N) is 1. The second kappa shape index (κ2) is 5.30. The van der Waals surface area contributed by atoms with E-state index in [4.69, 9.17) is 5.26 Å². The summed E-state index contributed by atoms with van der Waals surface area (Å²) in [5.41, 5.74) is -1.02. The summed E-state index contributed by atoms with van der Waals surface area (Å²) in [6.45, 7) is 3.58. The quantitative estimate of drug-likeness (QED) is 0.871. The molecule has 0 unspecified atom stereocenters. The van der Waals surface area contributed by atoms with Crippen LogP contribution >= 0.6 is 0 Å². The Kier molecular flexibility index (Phi) is 4.27. The molecule has 0 spiro atoms. The summed E-state index contributed by atoms with van der Waals surface area (Å²) in [4.78, 5) is 0.182. The first-order valence-corrected chi connectivity index (χ1v) is 6.98. The van der Waals surface area contributed by atoms with Gasteiger partial charge in [-0.25, -0.2) is 8.42 Å². The van der Waals surface area contributed by atoms with E-state index >= 15 is 0 Å². The third kappa shape index (κ3) is 3.05. The first-order chi connectivity index (χ1) is 7.99. The van der Waals surface area contributed by atoms with E-state index < -0.39 is 15.6 Å². The van der Waals surface area contributed by atoms with Crippen molar-refractivity contribution in [2.45, 2.75) is 37.1 Å². The van der Waals surface area contributed by atoms with Crippen LogP contribution in [-0.4, -0.2) is 14.0 Å². The summed E-state index contributed by atoms with van der Waals surface area (Å²) in [5.74, 6) is 0. The average Bonchev–Trinajstić information content (AvgIpc) is 2.37. The predicted octanol–water partition coefficient (Wildman–Crippen LogP) is 2.05. The van der Waals surface area contributed by atoms with Crippen LogP contribution in [0.5, 0.6) is 0 Å². The van der Waals surface area contributed by atoms with Crippen LogP contribution in [0.4, 0.5) is 0 Å². The SMILES string of the molecule is CCC(C#N)(CC)NS(=O)(=O)c1ccccc1. The van der Waals surface area contributed by atoms with Crippen molar-refractivity contribution in [1.29, 1.82) is 5.26 Å². The summed E-state index contributed by atoms with van der Waals surface area (Å²) in [6.07, 6.45) is 0.873. The van der Waals surface area contributed by atoms with Crippen molar-refractivity contribution < 1.29 is 8.42 Å². The maximum absolute atomic E-state index is 12.1. The van der Waals surface area contributed by atoms with Gasteiger partial charge in [-0.3, -0.25) is 0 Å². The Hall–Kier alpha value is -1.38. The Labute approximate surface area is 102 Å². The molecule has 17 heavy (non-hydrogen) atoms. The first-order valence-electron chi connectivity index (χ1n) is 5.50. The maximum atomic E-state index is 12.1. The Morgan fingerprint density at radius 2 is 1.76 bits per heavy atom. The Bertz CT molecular complexity index is 499. The standard InChI is InChI=1S/C12H16N2O2S/c1-3-12(4-2,10-13)14-17(15,16)11-8-6-5-7-9-11/h5-9,14H,3-4H2,1-2H3. The van der Waals surface area contributed by atoms with Gasteiger partial charge in [0.15, 0.2) is 0 Å². The van der Waals surface area contributed by atoms with Gasteiger partial charge in [-0.1, -0.05) is 32.0 Å². The van der Waals surface area contributed by atoms with Crippen LogP contribution in [0.3, 0.4) is 0 Å². The lowest BCUT2D eigenvalue weighted by Gasteiger charge is -2.24. The van der Waals surface area contributed by atoms with E-state index in [0.29, 0.717) is 12.8 Å². The highest BCUT2D eigenvalue weighted by molar-refractivity contribution is 7.89. The Balaban J connectivity index is 3.07. The average molecular weight is 252 g/mol. The van der Waals surface area contributed by atoms with Crippen LogP contribution < -0.4 is 4.72 Å². The monoisotopic (exact) mass is 252 g/mol. The molecule has 0 fully saturated rings. The highest BCUT2D eigenvalue weighted by Gasteiger charge is 2.31. The van der Waals surface area contributed by atoms with Gasteiger partial charge >= 0.3 is 0 Å². The molecular formula is C12H16N2O2S. The van der Waals surface area contributed by atoms with E-state index in [0.717, 1.165) is 0 Å². The fourth-order valence-electron chi connectivity index (χ4n) is 1.49. The van der Waals surface area contributed by atoms with Crippen molar-refractivity contribution in [3.05, 3.63) is 30.3 Å². The van der Waals surface area contributed by atoms with E-state index in [1.54, 1.807) is 32.0 Å². The highest BCUT2D eigenvalue weighted by Crippen LogP contribution is 2.18. The largest absolute Gasteiger partial charge is 0.241 e. The zero-order valence-electron chi connectivity index (χ0n) is 9.97. The summed E-state index contributed by atoms with van der Waals surface area (Å²) < 4.78 is 26.6.